The minimum absolute atomic E-state index is 0.0471. The summed E-state index contributed by atoms with van der Waals surface area (Å²) in [6, 6.07) is 11.7. The lowest BCUT2D eigenvalue weighted by Gasteiger charge is -2.14. The number of hydrogen-bond acceptors (Lipinski definition) is 4. The van der Waals surface area contributed by atoms with Crippen LogP contribution in [0.3, 0.4) is 0 Å². The highest BCUT2D eigenvalue weighted by Gasteiger charge is 2.34. The Balaban J connectivity index is 2.38. The molecule has 0 bridgehead atoms. The molecule has 0 aliphatic carbocycles. The van der Waals surface area contributed by atoms with Crippen molar-refractivity contribution in [1.29, 1.82) is 5.26 Å². The van der Waals surface area contributed by atoms with Gasteiger partial charge in [-0.25, -0.2) is 8.42 Å². The van der Waals surface area contributed by atoms with Crippen molar-refractivity contribution in [3.63, 3.8) is 0 Å². The van der Waals surface area contributed by atoms with Gasteiger partial charge in [-0.05, 0) is 30.3 Å². The van der Waals surface area contributed by atoms with E-state index < -0.39 is 27.0 Å². The number of anilines is 1. The first kappa shape index (κ1) is 16.6. The van der Waals surface area contributed by atoms with Crippen LogP contribution >= 0.6 is 0 Å². The normalized spacial score (nSPS) is 11.6. The molecule has 2 aromatic carbocycles. The predicted octanol–water partition coefficient (Wildman–Crippen LogP) is 3.26. The third-order valence-electron chi connectivity index (χ3n) is 2.61. The predicted molar refractivity (Wildman–Crippen MR) is 75.1 cm³/mol. The molecule has 0 saturated carbocycles. The second-order valence-electron chi connectivity index (χ2n) is 4.29. The number of sulfonamides is 1. The maximum absolute atomic E-state index is 12.4. The SMILES string of the molecule is N#Cc1cccc(NS(=O)(=O)c2ccccc2OC(F)(F)F)c1. The lowest BCUT2D eigenvalue weighted by molar-refractivity contribution is -0.275. The van der Waals surface area contributed by atoms with Gasteiger partial charge < -0.3 is 4.74 Å². The van der Waals surface area contributed by atoms with Crippen LogP contribution in [0.4, 0.5) is 18.9 Å². The second kappa shape index (κ2) is 6.18. The molecular weight excluding hydrogens is 333 g/mol. The lowest BCUT2D eigenvalue weighted by atomic mass is 10.2. The highest BCUT2D eigenvalue weighted by molar-refractivity contribution is 7.92. The molecule has 0 aromatic heterocycles. The Morgan fingerprint density at radius 1 is 1.09 bits per heavy atom. The summed E-state index contributed by atoms with van der Waals surface area (Å²) in [4.78, 5) is -0.667. The molecule has 0 radical (unpaired) electrons. The molecule has 0 atom stereocenters. The van der Waals surface area contributed by atoms with Crippen molar-refractivity contribution < 1.29 is 26.3 Å². The summed E-state index contributed by atoms with van der Waals surface area (Å²) in [5, 5.41) is 8.78. The van der Waals surface area contributed by atoms with Gasteiger partial charge in [0.25, 0.3) is 10.0 Å². The maximum Gasteiger partial charge on any atom is 0.573 e. The smallest absolute Gasteiger partial charge is 0.404 e. The molecule has 2 aromatic rings. The molecule has 0 saturated heterocycles. The third kappa shape index (κ3) is 4.37. The van der Waals surface area contributed by atoms with E-state index in [1.54, 1.807) is 0 Å². The molecule has 5 nitrogen and oxygen atoms in total. The summed E-state index contributed by atoms with van der Waals surface area (Å²) in [6.45, 7) is 0. The van der Waals surface area contributed by atoms with Gasteiger partial charge in [0.2, 0.25) is 0 Å². The molecule has 0 amide bonds. The Morgan fingerprint density at radius 2 is 1.78 bits per heavy atom. The van der Waals surface area contributed by atoms with Crippen molar-refractivity contribution in [2.75, 3.05) is 4.72 Å². The number of nitriles is 1. The van der Waals surface area contributed by atoms with Gasteiger partial charge in [0.05, 0.1) is 17.3 Å². The summed E-state index contributed by atoms with van der Waals surface area (Å²) in [7, 11) is -4.33. The highest BCUT2D eigenvalue weighted by Crippen LogP contribution is 2.30. The van der Waals surface area contributed by atoms with Crippen LogP contribution in [0.25, 0.3) is 0 Å². The molecule has 0 unspecified atom stereocenters. The number of nitrogens with one attached hydrogen (secondary N) is 1. The zero-order chi connectivity index (χ0) is 17.1. The van der Waals surface area contributed by atoms with Gasteiger partial charge in [0.1, 0.15) is 10.6 Å². The first-order valence-corrected chi connectivity index (χ1v) is 7.57. The Bertz CT molecular complexity index is 858. The molecule has 0 heterocycles. The fourth-order valence-electron chi connectivity index (χ4n) is 1.74. The quantitative estimate of drug-likeness (QED) is 0.925. The van der Waals surface area contributed by atoms with Crippen LogP contribution in [0.15, 0.2) is 53.4 Å². The van der Waals surface area contributed by atoms with E-state index in [1.165, 1.54) is 36.4 Å². The number of benzene rings is 2. The first-order valence-electron chi connectivity index (χ1n) is 6.09. The molecule has 1 N–H and O–H groups in total. The van der Waals surface area contributed by atoms with Crippen LogP contribution in [0, 0.1) is 11.3 Å². The lowest BCUT2D eigenvalue weighted by Crippen LogP contribution is -2.20. The average molecular weight is 342 g/mol. The van der Waals surface area contributed by atoms with Crippen molar-refractivity contribution in [2.24, 2.45) is 0 Å². The second-order valence-corrected chi connectivity index (χ2v) is 5.94. The van der Waals surface area contributed by atoms with Crippen molar-refractivity contribution in [3.05, 3.63) is 54.1 Å². The minimum atomic E-state index is -5.02. The largest absolute Gasteiger partial charge is 0.573 e. The zero-order valence-corrected chi connectivity index (χ0v) is 12.1. The zero-order valence-electron chi connectivity index (χ0n) is 11.3. The van der Waals surface area contributed by atoms with Crippen molar-refractivity contribution in [2.45, 2.75) is 11.3 Å². The Morgan fingerprint density at radius 3 is 2.43 bits per heavy atom. The van der Waals surface area contributed by atoms with Gasteiger partial charge in [-0.15, -0.1) is 13.2 Å². The molecule has 23 heavy (non-hydrogen) atoms. The summed E-state index contributed by atoms with van der Waals surface area (Å²) in [5.41, 5.74) is 0.246. The Hall–Kier alpha value is -2.73. The van der Waals surface area contributed by atoms with Crippen molar-refractivity contribution in [3.8, 4) is 11.8 Å². The van der Waals surface area contributed by atoms with Gasteiger partial charge in [0, 0.05) is 0 Å². The number of alkyl halides is 3. The Labute approximate surface area is 130 Å². The van der Waals surface area contributed by atoms with Gasteiger partial charge in [-0.3, -0.25) is 4.72 Å². The number of halogens is 3. The fourth-order valence-corrected chi connectivity index (χ4v) is 2.92. The number of ether oxygens (including phenoxy) is 1. The van der Waals surface area contributed by atoms with Crippen molar-refractivity contribution in [1.82, 2.24) is 0 Å². The van der Waals surface area contributed by atoms with E-state index >= 15 is 0 Å². The molecule has 0 aliphatic rings. The van der Waals surface area contributed by atoms with E-state index in [2.05, 4.69) is 9.46 Å². The standard InChI is InChI=1S/C14H9F3N2O3S/c15-14(16,17)22-12-6-1-2-7-13(12)23(20,21)19-11-5-3-4-10(8-11)9-18/h1-8,19H. The Kier molecular flexibility index (Phi) is 4.47. The number of hydrogen-bond donors (Lipinski definition) is 1. The van der Waals surface area contributed by atoms with Crippen LogP contribution in [0.5, 0.6) is 5.75 Å². The molecule has 2 rings (SSSR count). The van der Waals surface area contributed by atoms with E-state index in [9.17, 15) is 21.6 Å². The number of para-hydroxylation sites is 1. The number of rotatable bonds is 4. The first-order chi connectivity index (χ1) is 10.7. The highest BCUT2D eigenvalue weighted by atomic mass is 32.2. The summed E-state index contributed by atoms with van der Waals surface area (Å²) < 4.78 is 67.5. The van der Waals surface area contributed by atoms with Gasteiger partial charge >= 0.3 is 6.36 Å². The summed E-state index contributed by atoms with van der Waals surface area (Å²) in [6.07, 6.45) is -5.02. The van der Waals surface area contributed by atoms with E-state index in [4.69, 9.17) is 5.26 Å². The van der Waals surface area contributed by atoms with Crippen LogP contribution in [-0.4, -0.2) is 14.8 Å². The van der Waals surface area contributed by atoms with Crippen LogP contribution < -0.4 is 9.46 Å². The summed E-state index contributed by atoms with van der Waals surface area (Å²) >= 11 is 0. The van der Waals surface area contributed by atoms with E-state index in [-0.39, 0.29) is 11.3 Å². The van der Waals surface area contributed by atoms with Gasteiger partial charge in [0.15, 0.2) is 0 Å². The van der Waals surface area contributed by atoms with Crippen molar-refractivity contribution >= 4 is 15.7 Å². The molecule has 9 heteroatoms. The molecule has 0 aliphatic heterocycles. The van der Waals surface area contributed by atoms with E-state index in [0.29, 0.717) is 0 Å². The van der Waals surface area contributed by atoms with Crippen LogP contribution in [-0.2, 0) is 10.0 Å². The van der Waals surface area contributed by atoms with Gasteiger partial charge in [-0.2, -0.15) is 5.26 Å². The molecule has 0 spiro atoms. The maximum atomic E-state index is 12.4. The summed E-state index contributed by atoms with van der Waals surface area (Å²) in [5.74, 6) is -0.844. The van der Waals surface area contributed by atoms with Crippen LogP contribution in [0.2, 0.25) is 0 Å². The molecular formula is C14H9F3N2O3S. The van der Waals surface area contributed by atoms with E-state index in [1.807, 2.05) is 6.07 Å². The van der Waals surface area contributed by atoms with Crippen LogP contribution in [0.1, 0.15) is 5.56 Å². The van der Waals surface area contributed by atoms with Gasteiger partial charge in [-0.1, -0.05) is 18.2 Å². The third-order valence-corrected chi connectivity index (χ3v) is 4.03. The number of nitrogens with zero attached hydrogens (tertiary/aromatic N) is 1. The minimum Gasteiger partial charge on any atom is -0.404 e. The monoisotopic (exact) mass is 342 g/mol. The average Bonchev–Trinajstić information content (AvgIpc) is 2.45. The topological polar surface area (TPSA) is 79.2 Å². The molecule has 0 fully saturated rings. The van der Waals surface area contributed by atoms with E-state index in [0.717, 1.165) is 12.1 Å². The molecule has 120 valence electrons. The fraction of sp³-hybridized carbons (Fsp3) is 0.0714.